The van der Waals surface area contributed by atoms with Crippen LogP contribution in [0.2, 0.25) is 0 Å². The van der Waals surface area contributed by atoms with Crippen LogP contribution in [0.15, 0.2) is 30.3 Å². The van der Waals surface area contributed by atoms with Gasteiger partial charge in [-0.15, -0.1) is 0 Å². The van der Waals surface area contributed by atoms with E-state index in [1.807, 2.05) is 11.8 Å². The van der Waals surface area contributed by atoms with Crippen molar-refractivity contribution in [2.45, 2.75) is 50.5 Å². The third kappa shape index (κ3) is 1.74. The van der Waals surface area contributed by atoms with E-state index in [4.69, 9.17) is 4.74 Å². The van der Waals surface area contributed by atoms with Crippen LogP contribution in [0.1, 0.15) is 25.3 Å². The number of amides is 1. The molecular formula is C16H20N2O2. The molecule has 3 aliphatic rings. The second kappa shape index (κ2) is 4.48. The summed E-state index contributed by atoms with van der Waals surface area (Å²) in [5, 5.41) is 0. The van der Waals surface area contributed by atoms with Crippen LogP contribution in [-0.4, -0.2) is 46.7 Å². The molecule has 1 aromatic carbocycles. The lowest BCUT2D eigenvalue weighted by atomic mass is 9.99. The molecule has 4 nitrogen and oxygen atoms in total. The van der Waals surface area contributed by atoms with E-state index in [9.17, 15) is 4.79 Å². The van der Waals surface area contributed by atoms with Gasteiger partial charge < -0.3 is 4.74 Å². The van der Waals surface area contributed by atoms with Crippen LogP contribution < -0.4 is 0 Å². The van der Waals surface area contributed by atoms with Crippen LogP contribution in [0.4, 0.5) is 4.79 Å². The smallest absolute Gasteiger partial charge is 0.410 e. The van der Waals surface area contributed by atoms with E-state index in [1.165, 1.54) is 18.4 Å². The Morgan fingerprint density at radius 1 is 1.25 bits per heavy atom. The van der Waals surface area contributed by atoms with Gasteiger partial charge in [0.2, 0.25) is 0 Å². The third-order valence-corrected chi connectivity index (χ3v) is 5.06. The van der Waals surface area contributed by atoms with Crippen molar-refractivity contribution >= 4 is 6.09 Å². The first-order chi connectivity index (χ1) is 9.74. The average molecular weight is 272 g/mol. The van der Waals surface area contributed by atoms with Crippen molar-refractivity contribution in [1.82, 2.24) is 9.80 Å². The Hall–Kier alpha value is -1.55. The summed E-state index contributed by atoms with van der Waals surface area (Å²) in [5.74, 6) is 0. The summed E-state index contributed by atoms with van der Waals surface area (Å²) in [6.07, 6.45) is 2.29. The molecule has 1 amide bonds. The van der Waals surface area contributed by atoms with Gasteiger partial charge in [-0.3, -0.25) is 9.80 Å². The highest BCUT2D eigenvalue weighted by Gasteiger charge is 2.54. The number of carbonyl (C=O) groups excluding carboxylic acids is 1. The Balaban J connectivity index is 1.59. The van der Waals surface area contributed by atoms with Crippen LogP contribution >= 0.6 is 0 Å². The maximum atomic E-state index is 11.9. The predicted octanol–water partition coefficient (Wildman–Crippen LogP) is 2.24. The summed E-state index contributed by atoms with van der Waals surface area (Å²) >= 11 is 0. The van der Waals surface area contributed by atoms with Crippen molar-refractivity contribution < 1.29 is 9.53 Å². The molecule has 4 heteroatoms. The molecule has 0 radical (unpaired) electrons. The second-order valence-corrected chi connectivity index (χ2v) is 6.19. The van der Waals surface area contributed by atoms with Gasteiger partial charge in [0.15, 0.2) is 0 Å². The molecule has 1 aromatic rings. The first kappa shape index (κ1) is 12.2. The molecule has 106 valence electrons. The second-order valence-electron chi connectivity index (χ2n) is 6.19. The van der Waals surface area contributed by atoms with Crippen LogP contribution in [-0.2, 0) is 11.3 Å². The molecule has 0 spiro atoms. The van der Waals surface area contributed by atoms with Crippen molar-refractivity contribution in [3.05, 3.63) is 35.9 Å². The number of hydrogen-bond donors (Lipinski definition) is 0. The number of nitrogens with zero attached hydrogens (tertiary/aromatic N) is 2. The normalized spacial score (nSPS) is 36.0. The number of cyclic esters (lactones) is 1. The van der Waals surface area contributed by atoms with Gasteiger partial charge in [0.25, 0.3) is 0 Å². The van der Waals surface area contributed by atoms with Crippen LogP contribution in [0.5, 0.6) is 0 Å². The number of rotatable bonds is 2. The van der Waals surface area contributed by atoms with E-state index in [-0.39, 0.29) is 18.2 Å². The first-order valence-electron chi connectivity index (χ1n) is 7.51. The number of hydrogen-bond acceptors (Lipinski definition) is 3. The first-order valence-corrected chi connectivity index (χ1v) is 7.51. The molecule has 3 aliphatic heterocycles. The van der Waals surface area contributed by atoms with Gasteiger partial charge in [0.05, 0.1) is 6.04 Å². The summed E-state index contributed by atoms with van der Waals surface area (Å²) in [7, 11) is 0. The van der Waals surface area contributed by atoms with Crippen molar-refractivity contribution in [2.24, 2.45) is 0 Å². The fourth-order valence-electron chi connectivity index (χ4n) is 4.18. The zero-order valence-electron chi connectivity index (χ0n) is 11.7. The number of fused-ring (bicyclic) bond motifs is 4. The summed E-state index contributed by atoms with van der Waals surface area (Å²) in [4.78, 5) is 16.4. The molecule has 0 aromatic heterocycles. The SMILES string of the molecule is C[C@H]1OC(=O)N2C[C@H]3CC[C@@H]([C@H]12)N3Cc1ccccc1. The van der Waals surface area contributed by atoms with Gasteiger partial charge >= 0.3 is 6.09 Å². The molecule has 0 aliphatic carbocycles. The minimum absolute atomic E-state index is 0.0184. The number of ether oxygens (including phenoxy) is 1. The fourth-order valence-corrected chi connectivity index (χ4v) is 4.18. The Morgan fingerprint density at radius 2 is 2.05 bits per heavy atom. The molecule has 3 saturated heterocycles. The average Bonchev–Trinajstić information content (AvgIpc) is 2.87. The standard InChI is InChI=1S/C16H20N2O2/c1-11-15-14-8-7-13(10-18(15)16(19)20-11)17(14)9-12-5-3-2-4-6-12/h2-6,11,13-15H,7-10H2,1H3/t11-,13-,14+,15+/m1/s1. The van der Waals surface area contributed by atoms with E-state index in [0.29, 0.717) is 12.1 Å². The van der Waals surface area contributed by atoms with Gasteiger partial charge in [-0.25, -0.2) is 4.79 Å². The third-order valence-electron chi connectivity index (χ3n) is 5.06. The highest BCUT2D eigenvalue weighted by Crippen LogP contribution is 2.40. The van der Waals surface area contributed by atoms with E-state index < -0.39 is 0 Å². The van der Waals surface area contributed by atoms with Gasteiger partial charge in [0.1, 0.15) is 6.10 Å². The molecule has 4 atom stereocenters. The highest BCUT2D eigenvalue weighted by molar-refractivity contribution is 5.71. The monoisotopic (exact) mass is 272 g/mol. The molecule has 0 N–H and O–H groups in total. The van der Waals surface area contributed by atoms with Gasteiger partial charge in [-0.05, 0) is 25.3 Å². The van der Waals surface area contributed by atoms with Crippen molar-refractivity contribution in [3.8, 4) is 0 Å². The molecule has 3 heterocycles. The van der Waals surface area contributed by atoms with Gasteiger partial charge in [-0.2, -0.15) is 0 Å². The largest absolute Gasteiger partial charge is 0.444 e. The molecule has 4 rings (SSSR count). The quantitative estimate of drug-likeness (QED) is 0.827. The molecule has 3 fully saturated rings. The zero-order valence-corrected chi connectivity index (χ0v) is 11.7. The van der Waals surface area contributed by atoms with E-state index in [1.54, 1.807) is 0 Å². The zero-order chi connectivity index (χ0) is 13.7. The Morgan fingerprint density at radius 3 is 2.85 bits per heavy atom. The van der Waals surface area contributed by atoms with Crippen molar-refractivity contribution in [1.29, 1.82) is 0 Å². The highest BCUT2D eigenvalue weighted by atomic mass is 16.6. The van der Waals surface area contributed by atoms with E-state index >= 15 is 0 Å². The Kier molecular flexibility index (Phi) is 2.74. The fraction of sp³-hybridized carbons (Fsp3) is 0.562. The lowest BCUT2D eigenvalue weighted by Gasteiger charge is -2.43. The predicted molar refractivity (Wildman–Crippen MR) is 75.2 cm³/mol. The number of benzene rings is 1. The lowest BCUT2D eigenvalue weighted by molar-refractivity contribution is 0.0395. The molecule has 0 unspecified atom stereocenters. The van der Waals surface area contributed by atoms with E-state index in [0.717, 1.165) is 13.1 Å². The van der Waals surface area contributed by atoms with Crippen molar-refractivity contribution in [3.63, 3.8) is 0 Å². The summed E-state index contributed by atoms with van der Waals surface area (Å²) < 4.78 is 5.42. The van der Waals surface area contributed by atoms with Crippen LogP contribution in [0.25, 0.3) is 0 Å². The Labute approximate surface area is 119 Å². The summed E-state index contributed by atoms with van der Waals surface area (Å²) in [5.41, 5.74) is 1.36. The topological polar surface area (TPSA) is 32.8 Å². The Bertz CT molecular complexity index is 518. The maximum absolute atomic E-state index is 11.9. The molecule has 0 saturated carbocycles. The van der Waals surface area contributed by atoms with Gasteiger partial charge in [0, 0.05) is 25.2 Å². The summed E-state index contributed by atoms with van der Waals surface area (Å²) in [6, 6.07) is 11.8. The minimum atomic E-state index is -0.112. The van der Waals surface area contributed by atoms with Crippen LogP contribution in [0.3, 0.4) is 0 Å². The molecule has 20 heavy (non-hydrogen) atoms. The minimum Gasteiger partial charge on any atom is -0.444 e. The summed E-state index contributed by atoms with van der Waals surface area (Å²) in [6.45, 7) is 3.85. The van der Waals surface area contributed by atoms with Gasteiger partial charge in [-0.1, -0.05) is 30.3 Å². The number of carbonyl (C=O) groups is 1. The molecule has 2 bridgehead atoms. The van der Waals surface area contributed by atoms with Crippen molar-refractivity contribution in [2.75, 3.05) is 6.54 Å². The lowest BCUT2D eigenvalue weighted by Crippen LogP contribution is -2.59. The number of piperazine rings is 1. The van der Waals surface area contributed by atoms with E-state index in [2.05, 4.69) is 35.2 Å². The maximum Gasteiger partial charge on any atom is 0.410 e. The van der Waals surface area contributed by atoms with Crippen LogP contribution in [0, 0.1) is 0 Å². The molecular weight excluding hydrogens is 252 g/mol.